The first-order chi connectivity index (χ1) is 9.38. The van der Waals surface area contributed by atoms with E-state index in [4.69, 9.17) is 28.3 Å². The van der Waals surface area contributed by atoms with Crippen molar-refractivity contribution < 1.29 is 9.90 Å². The Balaban J connectivity index is 2.22. The van der Waals surface area contributed by atoms with Crippen LogP contribution < -0.4 is 5.32 Å². The van der Waals surface area contributed by atoms with Gasteiger partial charge in [-0.05, 0) is 43.7 Å². The van der Waals surface area contributed by atoms with Crippen LogP contribution in [-0.4, -0.2) is 11.1 Å². The van der Waals surface area contributed by atoms with Crippen molar-refractivity contribution in [2.75, 3.05) is 5.32 Å². The molecule has 1 heterocycles. The van der Waals surface area contributed by atoms with Gasteiger partial charge < -0.3 is 10.4 Å². The van der Waals surface area contributed by atoms with Crippen molar-refractivity contribution in [3.05, 3.63) is 49.6 Å². The molecular formula is C14H13Cl2NO2S. The Hall–Kier alpha value is -1.23. The summed E-state index contributed by atoms with van der Waals surface area (Å²) in [5, 5.41) is 12.3. The highest BCUT2D eigenvalue weighted by Gasteiger charge is 2.14. The molecule has 1 aromatic heterocycles. The van der Waals surface area contributed by atoms with Crippen molar-refractivity contribution >= 4 is 46.2 Å². The predicted molar refractivity (Wildman–Crippen MR) is 84.5 cm³/mol. The largest absolute Gasteiger partial charge is 0.478 e. The van der Waals surface area contributed by atoms with Crippen LogP contribution in [-0.2, 0) is 0 Å². The quantitative estimate of drug-likeness (QED) is 0.806. The molecule has 0 spiro atoms. The summed E-state index contributed by atoms with van der Waals surface area (Å²) in [4.78, 5) is 10.9. The molecule has 2 N–H and O–H groups in total. The van der Waals surface area contributed by atoms with Crippen LogP contribution >= 0.6 is 34.5 Å². The number of hydrogen-bond acceptors (Lipinski definition) is 3. The number of halogens is 2. The number of nitrogens with one attached hydrogen (secondary N) is 1. The highest BCUT2D eigenvalue weighted by atomic mass is 35.5. The van der Waals surface area contributed by atoms with Crippen LogP contribution in [0.5, 0.6) is 0 Å². The van der Waals surface area contributed by atoms with Gasteiger partial charge in [-0.25, -0.2) is 4.79 Å². The van der Waals surface area contributed by atoms with Gasteiger partial charge in [-0.3, -0.25) is 0 Å². The lowest BCUT2D eigenvalue weighted by molar-refractivity contribution is 0.0697. The molecule has 3 nitrogen and oxygen atoms in total. The van der Waals surface area contributed by atoms with Crippen LogP contribution in [0.15, 0.2) is 24.3 Å². The molecule has 6 heteroatoms. The Kier molecular flexibility index (Phi) is 4.58. The maximum Gasteiger partial charge on any atom is 0.335 e. The summed E-state index contributed by atoms with van der Waals surface area (Å²) in [6.45, 7) is 3.85. The third-order valence-electron chi connectivity index (χ3n) is 2.99. The minimum absolute atomic E-state index is 0.0133. The van der Waals surface area contributed by atoms with E-state index in [1.54, 1.807) is 18.2 Å². The van der Waals surface area contributed by atoms with E-state index in [9.17, 15) is 4.79 Å². The first kappa shape index (κ1) is 15.2. The molecule has 2 aromatic rings. The number of aryl methyl sites for hydroxylation is 1. The summed E-state index contributed by atoms with van der Waals surface area (Å²) in [6.07, 6.45) is 0. The van der Waals surface area contributed by atoms with Crippen LogP contribution in [0.1, 0.15) is 34.5 Å². The summed E-state index contributed by atoms with van der Waals surface area (Å²) in [6, 6.07) is 6.80. The van der Waals surface area contributed by atoms with Gasteiger partial charge in [0.1, 0.15) is 0 Å². The van der Waals surface area contributed by atoms with E-state index in [1.165, 1.54) is 11.3 Å². The third kappa shape index (κ3) is 3.26. The molecule has 0 saturated carbocycles. The van der Waals surface area contributed by atoms with Gasteiger partial charge in [-0.2, -0.15) is 0 Å². The number of rotatable bonds is 4. The van der Waals surface area contributed by atoms with Crippen LogP contribution in [0.25, 0.3) is 0 Å². The lowest BCUT2D eigenvalue weighted by Gasteiger charge is -2.17. The van der Waals surface area contributed by atoms with Crippen LogP contribution in [0, 0.1) is 6.92 Å². The van der Waals surface area contributed by atoms with Gasteiger partial charge in [0, 0.05) is 11.3 Å². The third-order valence-corrected chi connectivity index (χ3v) is 4.51. The van der Waals surface area contributed by atoms with Crippen molar-refractivity contribution in [1.29, 1.82) is 0 Å². The molecule has 0 bridgehead atoms. The molecule has 0 aliphatic carbocycles. The number of benzene rings is 1. The first-order valence-electron chi connectivity index (χ1n) is 5.93. The van der Waals surface area contributed by atoms with Crippen molar-refractivity contribution in [2.24, 2.45) is 0 Å². The molecule has 2 rings (SSSR count). The van der Waals surface area contributed by atoms with E-state index in [0.717, 1.165) is 16.8 Å². The fourth-order valence-corrected chi connectivity index (χ4v) is 3.56. The minimum atomic E-state index is -0.930. The molecule has 0 aliphatic heterocycles. The Morgan fingerprint density at radius 1 is 1.35 bits per heavy atom. The molecule has 1 atom stereocenters. The monoisotopic (exact) mass is 329 g/mol. The fraction of sp³-hybridized carbons (Fsp3) is 0.214. The molecule has 0 aliphatic rings. The number of carboxylic acid groups (broad SMARTS) is 1. The van der Waals surface area contributed by atoms with E-state index >= 15 is 0 Å². The molecule has 1 unspecified atom stereocenters. The lowest BCUT2D eigenvalue weighted by Crippen LogP contribution is -2.08. The van der Waals surface area contributed by atoms with Gasteiger partial charge in [0.15, 0.2) is 0 Å². The number of aromatic carboxylic acids is 1. The van der Waals surface area contributed by atoms with E-state index in [0.29, 0.717) is 8.67 Å². The smallest absolute Gasteiger partial charge is 0.335 e. The van der Waals surface area contributed by atoms with Gasteiger partial charge in [0.25, 0.3) is 0 Å². The number of carboxylic acids is 1. The van der Waals surface area contributed by atoms with Gasteiger partial charge >= 0.3 is 5.97 Å². The first-order valence-corrected chi connectivity index (χ1v) is 7.51. The Labute approximate surface area is 131 Å². The molecule has 0 fully saturated rings. The Morgan fingerprint density at radius 2 is 2.05 bits per heavy atom. The fourth-order valence-electron chi connectivity index (χ4n) is 1.92. The van der Waals surface area contributed by atoms with Gasteiger partial charge in [-0.1, -0.05) is 23.2 Å². The molecule has 20 heavy (non-hydrogen) atoms. The van der Waals surface area contributed by atoms with Crippen LogP contribution in [0.4, 0.5) is 5.69 Å². The van der Waals surface area contributed by atoms with Gasteiger partial charge in [0.2, 0.25) is 0 Å². The minimum Gasteiger partial charge on any atom is -0.478 e. The summed E-state index contributed by atoms with van der Waals surface area (Å²) >= 11 is 13.4. The second-order valence-electron chi connectivity index (χ2n) is 4.48. The Bertz CT molecular complexity index is 655. The van der Waals surface area contributed by atoms with Crippen LogP contribution in [0.3, 0.4) is 0 Å². The van der Waals surface area contributed by atoms with Crippen molar-refractivity contribution in [2.45, 2.75) is 19.9 Å². The zero-order valence-electron chi connectivity index (χ0n) is 10.9. The molecule has 1 aromatic carbocycles. The second kappa shape index (κ2) is 6.04. The highest BCUT2D eigenvalue weighted by molar-refractivity contribution is 7.20. The van der Waals surface area contributed by atoms with E-state index < -0.39 is 5.97 Å². The average Bonchev–Trinajstić information content (AvgIpc) is 2.70. The zero-order chi connectivity index (χ0) is 14.9. The predicted octanol–water partition coefficient (Wildman–Crippen LogP) is 5.23. The summed E-state index contributed by atoms with van der Waals surface area (Å²) in [7, 11) is 0. The van der Waals surface area contributed by atoms with Crippen LogP contribution in [0.2, 0.25) is 8.67 Å². The number of hydrogen-bond donors (Lipinski definition) is 2. The number of thiophene rings is 1. The van der Waals surface area contributed by atoms with Gasteiger partial charge in [0.05, 0.1) is 20.3 Å². The van der Waals surface area contributed by atoms with Gasteiger partial charge in [-0.15, -0.1) is 11.3 Å². The highest BCUT2D eigenvalue weighted by Crippen LogP contribution is 2.36. The topological polar surface area (TPSA) is 49.3 Å². The summed E-state index contributed by atoms with van der Waals surface area (Å²) in [5.74, 6) is -0.930. The Morgan fingerprint density at radius 3 is 2.55 bits per heavy atom. The maximum atomic E-state index is 10.9. The van der Waals surface area contributed by atoms with Crippen molar-refractivity contribution in [3.8, 4) is 0 Å². The molecule has 106 valence electrons. The second-order valence-corrected chi connectivity index (χ2v) is 6.77. The van der Waals surface area contributed by atoms with E-state index in [2.05, 4.69) is 5.32 Å². The normalized spacial score (nSPS) is 12.2. The number of carbonyl (C=O) groups is 1. The van der Waals surface area contributed by atoms with Crippen molar-refractivity contribution in [3.63, 3.8) is 0 Å². The standard InChI is InChI=1S/C14H13Cl2NO2S/c1-7-5-9(14(18)19)3-4-11(7)17-8(2)10-6-12(15)20-13(10)16/h3-6,8,17H,1-2H3,(H,18,19). The van der Waals surface area contributed by atoms with E-state index in [-0.39, 0.29) is 11.6 Å². The van der Waals surface area contributed by atoms with Crippen molar-refractivity contribution in [1.82, 2.24) is 0 Å². The SMILES string of the molecule is Cc1cc(C(=O)O)ccc1NC(C)c1cc(Cl)sc1Cl. The average molecular weight is 330 g/mol. The summed E-state index contributed by atoms with van der Waals surface area (Å²) < 4.78 is 1.31. The molecular weight excluding hydrogens is 317 g/mol. The molecule has 0 saturated heterocycles. The number of anilines is 1. The molecule has 0 amide bonds. The summed E-state index contributed by atoms with van der Waals surface area (Å²) in [5.41, 5.74) is 2.95. The maximum absolute atomic E-state index is 10.9. The zero-order valence-corrected chi connectivity index (χ0v) is 13.2. The molecule has 0 radical (unpaired) electrons. The lowest BCUT2D eigenvalue weighted by atomic mass is 10.1. The van der Waals surface area contributed by atoms with E-state index in [1.807, 2.05) is 19.9 Å².